The van der Waals surface area contributed by atoms with Gasteiger partial charge in [-0.2, -0.15) is 0 Å². The Kier molecular flexibility index (Phi) is 3.40. The van der Waals surface area contributed by atoms with E-state index in [1.807, 2.05) is 0 Å². The molecule has 0 fully saturated rings. The average Bonchev–Trinajstić information content (AvgIpc) is 2.15. The zero-order valence-electron chi connectivity index (χ0n) is 7.44. The first-order chi connectivity index (χ1) is 6.56. The lowest BCUT2D eigenvalue weighted by molar-refractivity contribution is -0.384. The maximum atomic E-state index is 10.4. The fourth-order valence-corrected chi connectivity index (χ4v) is 1.26. The van der Waals surface area contributed by atoms with E-state index in [4.69, 9.17) is 17.5 Å². The summed E-state index contributed by atoms with van der Waals surface area (Å²) in [5.74, 6) is 4.98. The van der Waals surface area contributed by atoms with E-state index < -0.39 is 4.92 Å². The van der Waals surface area contributed by atoms with Crippen molar-refractivity contribution in [2.24, 2.45) is 5.90 Å². The van der Waals surface area contributed by atoms with Crippen molar-refractivity contribution in [3.05, 3.63) is 38.9 Å². The molecule has 5 nitrogen and oxygen atoms in total. The second-order valence-corrected chi connectivity index (χ2v) is 3.15. The molecule has 6 heteroatoms. The van der Waals surface area contributed by atoms with Gasteiger partial charge >= 0.3 is 0 Å². The molecule has 0 amide bonds. The topological polar surface area (TPSA) is 78.4 Å². The summed E-state index contributed by atoms with van der Waals surface area (Å²) in [5, 5.41) is 10.5. The van der Waals surface area contributed by atoms with Crippen molar-refractivity contribution in [1.82, 2.24) is 0 Å². The van der Waals surface area contributed by atoms with Crippen LogP contribution in [0.4, 0.5) is 5.69 Å². The molecular weight excluding hydrogens is 208 g/mol. The number of nitro groups is 1. The molecule has 0 spiro atoms. The van der Waals surface area contributed by atoms with Gasteiger partial charge in [-0.25, -0.2) is 5.90 Å². The van der Waals surface area contributed by atoms with Crippen molar-refractivity contribution in [3.63, 3.8) is 0 Å². The molecule has 0 saturated heterocycles. The van der Waals surface area contributed by atoms with Gasteiger partial charge in [0.25, 0.3) is 5.69 Å². The maximum Gasteiger partial charge on any atom is 0.287 e. The quantitative estimate of drug-likeness (QED) is 0.621. The highest BCUT2D eigenvalue weighted by Gasteiger charge is 2.14. The predicted octanol–water partition coefficient (Wildman–Crippen LogP) is 2.20. The second kappa shape index (κ2) is 4.36. The number of benzene rings is 1. The molecule has 0 aliphatic heterocycles. The summed E-state index contributed by atoms with van der Waals surface area (Å²) < 4.78 is 0. The molecule has 1 rings (SSSR count). The Morgan fingerprint density at radius 1 is 1.64 bits per heavy atom. The van der Waals surface area contributed by atoms with Crippen LogP contribution < -0.4 is 5.90 Å². The van der Waals surface area contributed by atoms with Crippen LogP contribution in [0.25, 0.3) is 0 Å². The van der Waals surface area contributed by atoms with E-state index in [1.54, 1.807) is 13.0 Å². The molecule has 0 heterocycles. The van der Waals surface area contributed by atoms with Crippen LogP contribution in [0.3, 0.4) is 0 Å². The largest absolute Gasteiger partial charge is 0.297 e. The first-order valence-corrected chi connectivity index (χ1v) is 4.23. The van der Waals surface area contributed by atoms with E-state index in [-0.39, 0.29) is 16.8 Å². The van der Waals surface area contributed by atoms with Crippen LogP contribution in [0.1, 0.15) is 18.6 Å². The number of nitrogens with two attached hydrogens (primary N) is 1. The first kappa shape index (κ1) is 10.9. The SMILES string of the molecule is CC(ON)c1ccc([N+](=O)[O-])c(Cl)c1. The molecule has 1 atom stereocenters. The van der Waals surface area contributed by atoms with Gasteiger partial charge < -0.3 is 0 Å². The lowest BCUT2D eigenvalue weighted by atomic mass is 10.1. The van der Waals surface area contributed by atoms with Gasteiger partial charge in [0.1, 0.15) is 11.1 Å². The monoisotopic (exact) mass is 216 g/mol. The summed E-state index contributed by atoms with van der Waals surface area (Å²) in [6, 6.07) is 4.35. The number of hydrogen-bond acceptors (Lipinski definition) is 4. The van der Waals surface area contributed by atoms with Crippen molar-refractivity contribution in [3.8, 4) is 0 Å². The minimum Gasteiger partial charge on any atom is -0.297 e. The van der Waals surface area contributed by atoms with Crippen LogP contribution in [0.2, 0.25) is 5.02 Å². The molecule has 0 aliphatic carbocycles. The number of halogens is 1. The average molecular weight is 217 g/mol. The normalized spacial score (nSPS) is 12.5. The van der Waals surface area contributed by atoms with Gasteiger partial charge in [0.2, 0.25) is 0 Å². The third kappa shape index (κ3) is 2.20. The Hall–Kier alpha value is -1.17. The molecule has 0 saturated carbocycles. The summed E-state index contributed by atoms with van der Waals surface area (Å²) in [4.78, 5) is 14.5. The van der Waals surface area contributed by atoms with Crippen molar-refractivity contribution < 1.29 is 9.76 Å². The van der Waals surface area contributed by atoms with Gasteiger partial charge in [-0.15, -0.1) is 0 Å². The number of rotatable bonds is 3. The predicted molar refractivity (Wildman–Crippen MR) is 51.8 cm³/mol. The van der Waals surface area contributed by atoms with Gasteiger partial charge in [-0.05, 0) is 24.6 Å². The third-order valence-corrected chi connectivity index (χ3v) is 2.14. The van der Waals surface area contributed by atoms with E-state index in [0.717, 1.165) is 0 Å². The molecule has 1 unspecified atom stereocenters. The summed E-state index contributed by atoms with van der Waals surface area (Å²) in [6.45, 7) is 1.72. The fraction of sp³-hybridized carbons (Fsp3) is 0.250. The van der Waals surface area contributed by atoms with Gasteiger partial charge in [0.15, 0.2) is 0 Å². The van der Waals surface area contributed by atoms with Crippen molar-refractivity contribution >= 4 is 17.3 Å². The van der Waals surface area contributed by atoms with Crippen molar-refractivity contribution in [2.45, 2.75) is 13.0 Å². The zero-order valence-corrected chi connectivity index (χ0v) is 8.19. The summed E-state index contributed by atoms with van der Waals surface area (Å²) >= 11 is 5.69. The van der Waals surface area contributed by atoms with E-state index in [9.17, 15) is 10.1 Å². The van der Waals surface area contributed by atoms with Crippen molar-refractivity contribution in [1.29, 1.82) is 0 Å². The van der Waals surface area contributed by atoms with Crippen LogP contribution in [0.5, 0.6) is 0 Å². The molecular formula is C8H9ClN2O3. The highest BCUT2D eigenvalue weighted by atomic mass is 35.5. The van der Waals surface area contributed by atoms with Crippen LogP contribution >= 0.6 is 11.6 Å². The summed E-state index contributed by atoms with van der Waals surface area (Å²) in [7, 11) is 0. The standard InChI is InChI=1S/C8H9ClN2O3/c1-5(14-10)6-2-3-8(11(12)13)7(9)4-6/h2-5H,10H2,1H3. The third-order valence-electron chi connectivity index (χ3n) is 1.84. The van der Waals surface area contributed by atoms with Crippen LogP contribution in [0, 0.1) is 10.1 Å². The Balaban J connectivity index is 3.06. The number of nitro benzene ring substituents is 1. The highest BCUT2D eigenvalue weighted by molar-refractivity contribution is 6.32. The minimum atomic E-state index is -0.542. The van der Waals surface area contributed by atoms with Gasteiger partial charge in [0, 0.05) is 6.07 Å². The lowest BCUT2D eigenvalue weighted by Gasteiger charge is -2.08. The number of hydrogen-bond donors (Lipinski definition) is 1. The Morgan fingerprint density at radius 2 is 2.29 bits per heavy atom. The molecule has 0 aliphatic rings. The summed E-state index contributed by atoms with van der Waals surface area (Å²) in [6.07, 6.45) is -0.340. The maximum absolute atomic E-state index is 10.4. The molecule has 2 N–H and O–H groups in total. The fourth-order valence-electron chi connectivity index (χ4n) is 1.00. The zero-order chi connectivity index (χ0) is 10.7. The van der Waals surface area contributed by atoms with Gasteiger partial charge in [-0.1, -0.05) is 11.6 Å². The molecule has 0 radical (unpaired) electrons. The smallest absolute Gasteiger partial charge is 0.287 e. The number of nitrogens with zero attached hydrogens (tertiary/aromatic N) is 1. The Morgan fingerprint density at radius 3 is 2.71 bits per heavy atom. The molecule has 76 valence electrons. The molecule has 1 aromatic carbocycles. The summed E-state index contributed by atoms with van der Waals surface area (Å²) in [5.41, 5.74) is 0.572. The van der Waals surface area contributed by atoms with Crippen LogP contribution in [-0.2, 0) is 4.84 Å². The Labute approximate surface area is 85.5 Å². The lowest BCUT2D eigenvalue weighted by Crippen LogP contribution is -2.05. The van der Waals surface area contributed by atoms with E-state index in [0.29, 0.717) is 5.56 Å². The molecule has 14 heavy (non-hydrogen) atoms. The molecule has 0 bridgehead atoms. The van der Waals surface area contributed by atoms with Crippen molar-refractivity contribution in [2.75, 3.05) is 0 Å². The molecule has 1 aromatic rings. The highest BCUT2D eigenvalue weighted by Crippen LogP contribution is 2.27. The Bertz CT molecular complexity index is 356. The van der Waals surface area contributed by atoms with Gasteiger partial charge in [0.05, 0.1) is 4.92 Å². The molecule has 0 aromatic heterocycles. The van der Waals surface area contributed by atoms with E-state index >= 15 is 0 Å². The van der Waals surface area contributed by atoms with E-state index in [2.05, 4.69) is 4.84 Å². The van der Waals surface area contributed by atoms with Crippen LogP contribution in [0.15, 0.2) is 18.2 Å². The minimum absolute atomic E-state index is 0.0800. The van der Waals surface area contributed by atoms with Gasteiger partial charge in [-0.3, -0.25) is 15.0 Å². The van der Waals surface area contributed by atoms with Crippen LogP contribution in [-0.4, -0.2) is 4.92 Å². The second-order valence-electron chi connectivity index (χ2n) is 2.75. The van der Waals surface area contributed by atoms with E-state index in [1.165, 1.54) is 12.1 Å². The first-order valence-electron chi connectivity index (χ1n) is 3.85.